The van der Waals surface area contributed by atoms with Gasteiger partial charge in [-0.2, -0.15) is 0 Å². The summed E-state index contributed by atoms with van der Waals surface area (Å²) in [5.74, 6) is -0.483. The number of carbonyl (C=O) groups is 4. The van der Waals surface area contributed by atoms with Gasteiger partial charge in [0.2, 0.25) is 35.4 Å². The van der Waals surface area contributed by atoms with Gasteiger partial charge in [0, 0.05) is 61.5 Å². The molecule has 8 N–H and O–H groups in total. The minimum Gasteiger partial charge on any atom is -0.481 e. The molecule has 4 aliphatic rings. The Labute approximate surface area is 419 Å². The van der Waals surface area contributed by atoms with E-state index in [2.05, 4.69) is 61.8 Å². The van der Waals surface area contributed by atoms with Crippen molar-refractivity contribution in [2.75, 3.05) is 47.0 Å². The Morgan fingerprint density at radius 3 is 1.49 bits per heavy atom. The zero-order valence-electron chi connectivity index (χ0n) is 38.9. The Hall–Kier alpha value is -6.70. The van der Waals surface area contributed by atoms with Gasteiger partial charge in [-0.3, -0.25) is 29.1 Å². The molecule has 8 heterocycles. The van der Waals surface area contributed by atoms with Gasteiger partial charge in [0.15, 0.2) is 0 Å². The summed E-state index contributed by atoms with van der Waals surface area (Å²) < 4.78 is 39.4. The summed E-state index contributed by atoms with van der Waals surface area (Å²) in [6, 6.07) is 12.4. The number of methoxy groups -OCH3 is 2. The molecular formula is C48H50F2N12O8S2. The lowest BCUT2D eigenvalue weighted by molar-refractivity contribution is -0.123. The van der Waals surface area contributed by atoms with Crippen LogP contribution in [0.5, 0.6) is 11.8 Å². The fourth-order valence-electron chi connectivity index (χ4n) is 8.91. The van der Waals surface area contributed by atoms with Crippen molar-refractivity contribution in [1.29, 1.82) is 0 Å². The Bertz CT molecular complexity index is 2850. The van der Waals surface area contributed by atoms with Crippen molar-refractivity contribution >= 4 is 92.2 Å². The number of hydrogen-bond acceptors (Lipinski definition) is 18. The van der Waals surface area contributed by atoms with Crippen molar-refractivity contribution in [3.05, 3.63) is 83.9 Å². The molecule has 24 heteroatoms. The number of rotatable bonds is 12. The maximum atomic E-state index is 14.5. The van der Waals surface area contributed by atoms with Crippen LogP contribution in [0.1, 0.15) is 49.9 Å². The Balaban J connectivity index is 0.000000178. The number of ether oxygens (including phenoxy) is 2. The Morgan fingerprint density at radius 1 is 0.653 bits per heavy atom. The third-order valence-corrected chi connectivity index (χ3v) is 14.8. The molecule has 0 radical (unpaired) electrons. The predicted molar refractivity (Wildman–Crippen MR) is 264 cm³/mol. The van der Waals surface area contributed by atoms with Crippen LogP contribution in [0.25, 0.3) is 22.1 Å². The second kappa shape index (κ2) is 22.4. The van der Waals surface area contributed by atoms with Crippen LogP contribution in [0.3, 0.4) is 0 Å². The molecule has 6 atom stereocenters. The number of aliphatic hydroxyl groups excluding tert-OH is 2. The van der Waals surface area contributed by atoms with Crippen LogP contribution in [0.4, 0.5) is 31.8 Å². The third kappa shape index (κ3) is 11.6. The first-order valence-corrected chi connectivity index (χ1v) is 25.1. The standard InChI is InChI=1S/2C24H25FN6O4S/c2*1-35-21-5-4-15-22(31-21)16(6-7-26-15)29-24(34)12-2-3-14(18(32)8-12)27-10-17-13(25)9-19-23(28-17)30-20(33)11-36-19/h2*4-7,9,12,14,18,27,32H,2-3,8,10-11H2,1H3,(H,26,29,34)(H,28,30,33)/t2*12-,14-,18-/m10/s1. The van der Waals surface area contributed by atoms with Crippen LogP contribution in [0.15, 0.2) is 70.7 Å². The number of aliphatic hydroxyl groups is 2. The molecule has 0 aromatic carbocycles. The smallest absolute Gasteiger partial charge is 0.235 e. The zero-order chi connectivity index (χ0) is 50.5. The second-order valence-electron chi connectivity index (χ2n) is 17.5. The summed E-state index contributed by atoms with van der Waals surface area (Å²) in [5, 5.41) is 38.9. The van der Waals surface area contributed by atoms with Gasteiger partial charge in [-0.15, -0.1) is 23.5 Å². The molecule has 2 fully saturated rings. The van der Waals surface area contributed by atoms with Crippen LogP contribution in [0, 0.1) is 23.5 Å². The summed E-state index contributed by atoms with van der Waals surface area (Å²) in [7, 11) is 3.03. The van der Waals surface area contributed by atoms with Crippen molar-refractivity contribution in [1.82, 2.24) is 40.5 Å². The molecule has 2 aliphatic carbocycles. The average molecular weight is 1030 g/mol. The lowest BCUT2D eigenvalue weighted by Crippen LogP contribution is -2.46. The fourth-order valence-corrected chi connectivity index (χ4v) is 10.5. The van der Waals surface area contributed by atoms with Crippen LogP contribution in [0.2, 0.25) is 0 Å². The van der Waals surface area contributed by atoms with E-state index >= 15 is 0 Å². The highest BCUT2D eigenvalue weighted by molar-refractivity contribution is 8.00. The molecule has 72 heavy (non-hydrogen) atoms. The van der Waals surface area contributed by atoms with Crippen LogP contribution in [-0.4, -0.2) is 114 Å². The predicted octanol–water partition coefficient (Wildman–Crippen LogP) is 4.95. The number of carbonyl (C=O) groups excluding carboxylic acids is 4. The highest BCUT2D eigenvalue weighted by Crippen LogP contribution is 2.34. The SMILES string of the molecule is COc1ccc2nccc(NC(=O)[C@@H]3CC[C@@H](NCc4nc5c(cc4F)SCC(=O)N5)[C@H](O)C3)c2n1.COc1ccc2nccc(NC(=O)[C@H]3CC[C@H](NCc4nc5c(cc4F)SCC(=O)N5)[C@@H](O)C3)c2n1. The molecule has 0 spiro atoms. The quantitative estimate of drug-likeness (QED) is 0.0805. The van der Waals surface area contributed by atoms with Crippen molar-refractivity contribution in [3.63, 3.8) is 0 Å². The molecule has 0 bridgehead atoms. The van der Waals surface area contributed by atoms with Crippen LogP contribution >= 0.6 is 23.5 Å². The minimum atomic E-state index is -0.794. The van der Waals surface area contributed by atoms with E-state index in [1.807, 2.05) is 0 Å². The van der Waals surface area contributed by atoms with Gasteiger partial charge in [0.25, 0.3) is 0 Å². The first kappa shape index (κ1) is 50.2. The molecule has 6 aromatic rings. The average Bonchev–Trinajstić information content (AvgIpc) is 3.38. The first-order chi connectivity index (χ1) is 34.8. The summed E-state index contributed by atoms with van der Waals surface area (Å²) in [6.45, 7) is 0.184. The van der Waals surface area contributed by atoms with Gasteiger partial charge in [0.05, 0.1) is 81.5 Å². The molecule has 4 amide bonds. The summed E-state index contributed by atoms with van der Waals surface area (Å²) >= 11 is 2.49. The maximum Gasteiger partial charge on any atom is 0.235 e. The second-order valence-corrected chi connectivity index (χ2v) is 19.5. The summed E-state index contributed by atoms with van der Waals surface area (Å²) in [5.41, 5.74) is 3.68. The molecule has 2 saturated carbocycles. The van der Waals surface area contributed by atoms with Gasteiger partial charge < -0.3 is 51.6 Å². The molecule has 0 saturated heterocycles. The van der Waals surface area contributed by atoms with Crippen molar-refractivity contribution in [2.24, 2.45) is 11.8 Å². The fraction of sp³-hybridized carbons (Fsp3) is 0.375. The number of aromatic nitrogens is 6. The lowest BCUT2D eigenvalue weighted by Gasteiger charge is -2.33. The van der Waals surface area contributed by atoms with Crippen LogP contribution in [-0.2, 0) is 32.3 Å². The Morgan fingerprint density at radius 2 is 1.08 bits per heavy atom. The summed E-state index contributed by atoms with van der Waals surface area (Å²) in [4.78, 5) is 76.2. The van der Waals surface area contributed by atoms with Gasteiger partial charge in [-0.1, -0.05) is 0 Å². The highest BCUT2D eigenvalue weighted by Gasteiger charge is 2.35. The van der Waals surface area contributed by atoms with E-state index in [0.29, 0.717) is 92.3 Å². The van der Waals surface area contributed by atoms with E-state index in [1.165, 1.54) is 49.9 Å². The minimum absolute atomic E-state index is 0.0920. The highest BCUT2D eigenvalue weighted by atomic mass is 32.2. The van der Waals surface area contributed by atoms with Gasteiger partial charge in [-0.05, 0) is 74.9 Å². The molecule has 2 aliphatic heterocycles. The van der Waals surface area contributed by atoms with Gasteiger partial charge >= 0.3 is 0 Å². The van der Waals surface area contributed by atoms with Crippen molar-refractivity contribution in [2.45, 2.75) is 85.7 Å². The third-order valence-electron chi connectivity index (χ3n) is 12.7. The summed E-state index contributed by atoms with van der Waals surface area (Å²) in [6.07, 6.45) is 4.28. The number of nitrogens with one attached hydrogen (secondary N) is 6. The maximum absolute atomic E-state index is 14.5. The molecular weight excluding hydrogens is 975 g/mol. The number of amides is 4. The zero-order valence-corrected chi connectivity index (χ0v) is 40.5. The van der Waals surface area contributed by atoms with E-state index in [0.717, 1.165) is 0 Å². The van der Waals surface area contributed by atoms with E-state index in [9.17, 15) is 38.2 Å². The van der Waals surface area contributed by atoms with E-state index < -0.39 is 35.7 Å². The number of anilines is 4. The number of halogens is 2. The van der Waals surface area contributed by atoms with E-state index in [-0.39, 0.29) is 84.5 Å². The van der Waals surface area contributed by atoms with Gasteiger partial charge in [-0.25, -0.2) is 28.7 Å². The monoisotopic (exact) mass is 1020 g/mol. The van der Waals surface area contributed by atoms with Gasteiger partial charge in [0.1, 0.15) is 34.3 Å². The number of hydrogen-bond donors (Lipinski definition) is 8. The molecule has 20 nitrogen and oxygen atoms in total. The molecule has 6 aromatic heterocycles. The first-order valence-electron chi connectivity index (χ1n) is 23.1. The number of fused-ring (bicyclic) bond motifs is 4. The lowest BCUT2D eigenvalue weighted by atomic mass is 9.83. The van der Waals surface area contributed by atoms with Crippen LogP contribution < -0.4 is 41.4 Å². The molecule has 10 rings (SSSR count). The molecule has 376 valence electrons. The topological polar surface area (TPSA) is 277 Å². The van der Waals surface area contributed by atoms with E-state index in [1.54, 1.807) is 48.8 Å². The van der Waals surface area contributed by atoms with Crippen molar-refractivity contribution < 1.29 is 47.6 Å². The number of pyridine rings is 6. The van der Waals surface area contributed by atoms with E-state index in [4.69, 9.17) is 9.47 Å². The Kier molecular flexibility index (Phi) is 15.6. The molecule has 0 unspecified atom stereocenters. The largest absolute Gasteiger partial charge is 0.481 e. The number of thioether (sulfide) groups is 2. The van der Waals surface area contributed by atoms with Crippen molar-refractivity contribution in [3.8, 4) is 11.8 Å². The number of nitrogens with zero attached hydrogens (tertiary/aromatic N) is 6. The normalized spacial score (nSPS) is 21.5.